The molecule has 4 rings (SSSR count). The molecule has 0 aliphatic carbocycles. The Hall–Kier alpha value is -2.33. The zero-order chi connectivity index (χ0) is 24.1. The Bertz CT molecular complexity index is 1340. The summed E-state index contributed by atoms with van der Waals surface area (Å²) in [5.74, 6) is -1.48. The second-order valence-corrected chi connectivity index (χ2v) is 9.77. The summed E-state index contributed by atoms with van der Waals surface area (Å²) in [5, 5.41) is 21.5. The van der Waals surface area contributed by atoms with Crippen molar-refractivity contribution in [3.8, 4) is 22.8 Å². The van der Waals surface area contributed by atoms with Crippen molar-refractivity contribution in [3.05, 3.63) is 51.1 Å². The number of β-amino-alcohol motifs (C(OH)–C–C–N with tert-alkyl or cyclic N) is 1. The van der Waals surface area contributed by atoms with Crippen LogP contribution in [0.15, 0.2) is 39.5 Å². The van der Waals surface area contributed by atoms with Crippen LogP contribution in [0.4, 0.5) is 0 Å². The molecule has 0 bridgehead atoms. The molecule has 1 aromatic heterocycles. The molecule has 2 unspecified atom stereocenters. The van der Waals surface area contributed by atoms with Gasteiger partial charge in [-0.1, -0.05) is 29.2 Å². The van der Waals surface area contributed by atoms with Gasteiger partial charge in [0.05, 0.1) is 6.10 Å². The summed E-state index contributed by atoms with van der Waals surface area (Å²) < 4.78 is 22.6. The summed E-state index contributed by atoms with van der Waals surface area (Å²) in [5.41, 5.74) is 0.602. The van der Waals surface area contributed by atoms with Crippen molar-refractivity contribution in [2.45, 2.75) is 18.4 Å². The van der Waals surface area contributed by atoms with Crippen molar-refractivity contribution in [1.29, 1.82) is 0 Å². The number of aromatic hydroxyl groups is 1. The molecule has 1 aliphatic rings. The van der Waals surface area contributed by atoms with Gasteiger partial charge in [0.15, 0.2) is 5.43 Å². The van der Waals surface area contributed by atoms with Gasteiger partial charge in [-0.15, -0.1) is 0 Å². The molecule has 1 fully saturated rings. The van der Waals surface area contributed by atoms with E-state index in [1.807, 2.05) is 11.9 Å². The van der Waals surface area contributed by atoms with Gasteiger partial charge < -0.3 is 24.1 Å². The van der Waals surface area contributed by atoms with E-state index in [-0.39, 0.29) is 34.6 Å². The van der Waals surface area contributed by atoms with Gasteiger partial charge in [0, 0.05) is 40.7 Å². The number of nitrogens with zero attached hydrogens (tertiary/aromatic N) is 1. The van der Waals surface area contributed by atoms with Gasteiger partial charge in [-0.25, -0.2) is 4.57 Å². The second kappa shape index (κ2) is 8.79. The number of rotatable bonds is 4. The van der Waals surface area contributed by atoms with Crippen LogP contribution in [0.3, 0.4) is 0 Å². The van der Waals surface area contributed by atoms with E-state index < -0.39 is 31.0 Å². The van der Waals surface area contributed by atoms with E-state index in [2.05, 4.69) is 0 Å². The molecule has 3 aromatic rings. The fraction of sp³-hybridized carbons (Fsp3) is 0.286. The maximum Gasteiger partial charge on any atom is 0.524 e. The number of hydrogen-bond donors (Lipinski definition) is 4. The quantitative estimate of drug-likeness (QED) is 0.313. The minimum absolute atomic E-state index is 0.106. The third-order valence-electron chi connectivity index (χ3n) is 5.81. The van der Waals surface area contributed by atoms with E-state index in [9.17, 15) is 29.4 Å². The lowest BCUT2D eigenvalue weighted by molar-refractivity contribution is 0.0632. The number of likely N-dealkylation sites (tertiary alicyclic amines) is 1. The Kier molecular flexibility index (Phi) is 6.35. The van der Waals surface area contributed by atoms with Crippen LogP contribution >= 0.6 is 19.4 Å². The summed E-state index contributed by atoms with van der Waals surface area (Å²) in [6.45, 7) is 0.864. The van der Waals surface area contributed by atoms with E-state index in [4.69, 9.17) is 20.5 Å². The topological polar surface area (TPSA) is 141 Å². The number of halogens is 1. The molecule has 0 saturated carbocycles. The number of phenolic OH excluding ortho intramolecular Hbond substituents is 1. The summed E-state index contributed by atoms with van der Waals surface area (Å²) in [6.07, 6.45) is -0.541. The van der Waals surface area contributed by atoms with Crippen LogP contribution in [-0.4, -0.2) is 59.0 Å². The normalized spacial score (nSPS) is 19.7. The molecule has 0 radical (unpaired) electrons. The Balaban J connectivity index is 2.06. The lowest BCUT2D eigenvalue weighted by atomic mass is 9.85. The van der Waals surface area contributed by atoms with Crippen LogP contribution in [-0.2, 0) is 4.57 Å². The van der Waals surface area contributed by atoms with Crippen molar-refractivity contribution in [2.24, 2.45) is 0 Å². The molecule has 0 amide bonds. The van der Waals surface area contributed by atoms with Crippen LogP contribution in [0.25, 0.3) is 22.3 Å². The highest BCUT2D eigenvalue weighted by Crippen LogP contribution is 2.48. The molecule has 2 heterocycles. The summed E-state index contributed by atoms with van der Waals surface area (Å²) >= 11 is 6.42. The predicted molar refractivity (Wildman–Crippen MR) is 126 cm³/mol. The number of piperidine rings is 1. The number of likely N-dealkylation sites (N-methyl/N-ethyl adjacent to an activating group) is 1. The number of phenols is 1. The monoisotopic (exact) mass is 493 g/mol. The molecule has 1 aliphatic heterocycles. The zero-order valence-corrected chi connectivity index (χ0v) is 19.5. The van der Waals surface area contributed by atoms with E-state index in [1.165, 1.54) is 6.07 Å². The van der Waals surface area contributed by atoms with Crippen LogP contribution in [0, 0.1) is 0 Å². The first kappa shape index (κ1) is 23.8. The SMILES string of the molecule is Bc1cccc(-c2cc(=O)c3c(O)cc(OP(=O)(O)O)c(C4CCN(C)CC4O)c3o2)c1Cl. The number of phosphoric ester groups is 1. The number of aliphatic hydroxyl groups is 1. The predicted octanol–water partition coefficient (Wildman–Crippen LogP) is 1.33. The van der Waals surface area contributed by atoms with E-state index >= 15 is 0 Å². The third kappa shape index (κ3) is 4.68. The van der Waals surface area contributed by atoms with Gasteiger partial charge >= 0.3 is 7.82 Å². The highest BCUT2D eigenvalue weighted by atomic mass is 35.5. The highest BCUT2D eigenvalue weighted by Gasteiger charge is 2.35. The van der Waals surface area contributed by atoms with Crippen LogP contribution < -0.4 is 15.4 Å². The minimum atomic E-state index is -5.04. The molecular weight excluding hydrogens is 471 g/mol. The summed E-state index contributed by atoms with van der Waals surface area (Å²) in [7, 11) is -1.41. The number of aliphatic hydroxyl groups excluding tert-OH is 1. The summed E-state index contributed by atoms with van der Waals surface area (Å²) in [6, 6.07) is 7.37. The van der Waals surface area contributed by atoms with Gasteiger partial charge in [-0.2, -0.15) is 0 Å². The Morgan fingerprint density at radius 1 is 1.30 bits per heavy atom. The van der Waals surface area contributed by atoms with Crippen molar-refractivity contribution in [1.82, 2.24) is 4.90 Å². The van der Waals surface area contributed by atoms with Gasteiger partial charge in [0.2, 0.25) is 0 Å². The average Bonchev–Trinajstić information content (AvgIpc) is 2.69. The first-order chi connectivity index (χ1) is 15.5. The fourth-order valence-corrected chi connectivity index (χ4v) is 4.89. The molecule has 174 valence electrons. The van der Waals surface area contributed by atoms with E-state index in [1.54, 1.807) is 26.0 Å². The average molecular weight is 494 g/mol. The fourth-order valence-electron chi connectivity index (χ4n) is 4.26. The first-order valence-corrected chi connectivity index (χ1v) is 12.1. The smallest absolute Gasteiger partial charge is 0.507 e. The zero-order valence-electron chi connectivity index (χ0n) is 17.9. The highest BCUT2D eigenvalue weighted by molar-refractivity contribution is 7.46. The molecule has 2 aromatic carbocycles. The Morgan fingerprint density at radius 3 is 2.70 bits per heavy atom. The van der Waals surface area contributed by atoms with Crippen molar-refractivity contribution >= 4 is 43.7 Å². The number of hydrogen-bond acceptors (Lipinski definition) is 7. The number of benzene rings is 2. The maximum atomic E-state index is 13.0. The van der Waals surface area contributed by atoms with E-state index in [0.717, 1.165) is 11.5 Å². The molecule has 1 saturated heterocycles. The van der Waals surface area contributed by atoms with E-state index in [0.29, 0.717) is 23.6 Å². The third-order valence-corrected chi connectivity index (χ3v) is 6.75. The van der Waals surface area contributed by atoms with Crippen LogP contribution in [0.2, 0.25) is 5.02 Å². The van der Waals surface area contributed by atoms with Crippen molar-refractivity contribution < 1.29 is 33.5 Å². The molecular formula is C21H22BClNO8P. The number of phosphoric acid groups is 1. The lowest BCUT2D eigenvalue weighted by Gasteiger charge is -2.34. The lowest BCUT2D eigenvalue weighted by Crippen LogP contribution is -2.40. The van der Waals surface area contributed by atoms with Gasteiger partial charge in [0.1, 0.15) is 36.1 Å². The van der Waals surface area contributed by atoms with Gasteiger partial charge in [0.25, 0.3) is 0 Å². The van der Waals surface area contributed by atoms with Crippen molar-refractivity contribution in [2.75, 3.05) is 20.1 Å². The molecule has 33 heavy (non-hydrogen) atoms. The second-order valence-electron chi connectivity index (χ2n) is 8.23. The first-order valence-electron chi connectivity index (χ1n) is 10.2. The van der Waals surface area contributed by atoms with Gasteiger partial charge in [-0.05, 0) is 26.1 Å². The molecule has 2 atom stereocenters. The largest absolute Gasteiger partial charge is 0.524 e. The molecule has 12 heteroatoms. The molecule has 4 N–H and O–H groups in total. The van der Waals surface area contributed by atoms with Crippen LogP contribution in [0.5, 0.6) is 11.5 Å². The van der Waals surface area contributed by atoms with Crippen LogP contribution in [0.1, 0.15) is 17.9 Å². The summed E-state index contributed by atoms with van der Waals surface area (Å²) in [4.78, 5) is 33.8. The number of fused-ring (bicyclic) bond motifs is 1. The molecule has 0 spiro atoms. The maximum absolute atomic E-state index is 13.0. The van der Waals surface area contributed by atoms with Crippen molar-refractivity contribution in [3.63, 3.8) is 0 Å². The Morgan fingerprint density at radius 2 is 2.03 bits per heavy atom. The Labute approximate surface area is 194 Å². The molecule has 9 nitrogen and oxygen atoms in total. The minimum Gasteiger partial charge on any atom is -0.507 e. The van der Waals surface area contributed by atoms with Gasteiger partial charge in [-0.3, -0.25) is 14.6 Å². The standard InChI is InChI=1S/C21H22BClNO8P/c1-24-6-5-10(15(27)9-24)18-17(32-33(28,29)30)8-14(26)19-13(25)7-16(31-21(18)19)11-3-2-4-12(22)20(11)23/h2-4,7-8,10,15,26-27H,5-6,9,22H2,1H3,(H2,28,29,30).